The van der Waals surface area contributed by atoms with Crippen molar-refractivity contribution in [1.82, 2.24) is 0 Å². The molecule has 3 rings (SSSR count). The Labute approximate surface area is 183 Å². The van der Waals surface area contributed by atoms with E-state index >= 15 is 0 Å². The van der Waals surface area contributed by atoms with Crippen molar-refractivity contribution >= 4 is 25.5 Å². The van der Waals surface area contributed by atoms with Crippen LogP contribution in [0.3, 0.4) is 0 Å². The van der Waals surface area contributed by atoms with E-state index in [1.165, 1.54) is 0 Å². The van der Waals surface area contributed by atoms with Crippen molar-refractivity contribution in [1.29, 1.82) is 0 Å². The number of carbonyl (C=O) groups is 1. The molecule has 0 aliphatic rings. The summed E-state index contributed by atoms with van der Waals surface area (Å²) in [4.78, 5) is 22.1. The maximum Gasteiger partial charge on any atom is 0.695 e. The average Bonchev–Trinajstić information content (AvgIpc) is 2.79. The van der Waals surface area contributed by atoms with Gasteiger partial charge in [-0.15, -0.1) is 9.42 Å². The van der Waals surface area contributed by atoms with E-state index in [0.29, 0.717) is 29.8 Å². The van der Waals surface area contributed by atoms with Crippen molar-refractivity contribution in [3.8, 4) is 11.1 Å². The Morgan fingerprint density at radius 2 is 1.65 bits per heavy atom. The first-order valence-corrected chi connectivity index (χ1v) is 11.2. The SMILES string of the molecule is CCC(CC)(O[P+](=O)O)c1ccc(C(=O)Nc2cc(-c3ccccc3)ccc2N)cc1. The van der Waals surface area contributed by atoms with E-state index in [2.05, 4.69) is 5.32 Å². The van der Waals surface area contributed by atoms with Gasteiger partial charge in [0.05, 0.1) is 11.4 Å². The largest absolute Gasteiger partial charge is 0.695 e. The van der Waals surface area contributed by atoms with Crippen molar-refractivity contribution < 1.29 is 18.8 Å². The maximum atomic E-state index is 12.8. The maximum absolute atomic E-state index is 12.8. The Balaban J connectivity index is 1.82. The quantitative estimate of drug-likeness (QED) is 0.302. The summed E-state index contributed by atoms with van der Waals surface area (Å²) < 4.78 is 16.6. The van der Waals surface area contributed by atoms with Gasteiger partial charge in [0, 0.05) is 10.1 Å². The number of carbonyl (C=O) groups excluding carboxylic acids is 1. The molecular formula is C24H26N2O4P+. The third kappa shape index (κ3) is 5.17. The molecule has 1 amide bonds. The van der Waals surface area contributed by atoms with Gasteiger partial charge in [0.15, 0.2) is 5.60 Å². The molecule has 0 spiro atoms. The minimum Gasteiger partial charge on any atom is -0.397 e. The van der Waals surface area contributed by atoms with Crippen LogP contribution in [0.4, 0.5) is 11.4 Å². The zero-order chi connectivity index (χ0) is 22.4. The van der Waals surface area contributed by atoms with Crippen LogP contribution in [0, 0.1) is 0 Å². The lowest BCUT2D eigenvalue weighted by Crippen LogP contribution is -2.26. The molecule has 0 bridgehead atoms. The minimum absolute atomic E-state index is 0.295. The molecule has 1 unspecified atom stereocenters. The molecular weight excluding hydrogens is 411 g/mol. The van der Waals surface area contributed by atoms with Crippen LogP contribution in [0.2, 0.25) is 0 Å². The number of rotatable bonds is 8. The second kappa shape index (κ2) is 9.84. The van der Waals surface area contributed by atoms with Gasteiger partial charge < -0.3 is 11.1 Å². The smallest absolute Gasteiger partial charge is 0.397 e. The molecule has 1 atom stereocenters. The number of amides is 1. The minimum atomic E-state index is -2.75. The monoisotopic (exact) mass is 437 g/mol. The molecule has 0 heterocycles. The van der Waals surface area contributed by atoms with Crippen molar-refractivity contribution in [2.45, 2.75) is 32.3 Å². The summed E-state index contributed by atoms with van der Waals surface area (Å²) in [7, 11) is -2.75. The topological polar surface area (TPSA) is 102 Å². The van der Waals surface area contributed by atoms with Gasteiger partial charge in [-0.1, -0.05) is 62.4 Å². The molecule has 4 N–H and O–H groups in total. The van der Waals surface area contributed by atoms with E-state index in [0.717, 1.165) is 16.7 Å². The predicted molar refractivity (Wildman–Crippen MR) is 124 cm³/mol. The van der Waals surface area contributed by atoms with E-state index in [9.17, 15) is 14.3 Å². The second-order valence-electron chi connectivity index (χ2n) is 7.23. The number of hydrogen-bond acceptors (Lipinski definition) is 4. The summed E-state index contributed by atoms with van der Waals surface area (Å²) in [6.45, 7) is 3.79. The van der Waals surface area contributed by atoms with E-state index < -0.39 is 13.9 Å². The lowest BCUT2D eigenvalue weighted by Gasteiger charge is -2.25. The van der Waals surface area contributed by atoms with Gasteiger partial charge in [0.2, 0.25) is 0 Å². The van der Waals surface area contributed by atoms with Crippen molar-refractivity contribution in [3.63, 3.8) is 0 Å². The highest BCUT2D eigenvalue weighted by Crippen LogP contribution is 2.40. The summed E-state index contributed by atoms with van der Waals surface area (Å²) in [5.74, 6) is -0.295. The normalized spacial score (nSPS) is 11.8. The molecule has 160 valence electrons. The summed E-state index contributed by atoms with van der Waals surface area (Å²) >= 11 is 0. The van der Waals surface area contributed by atoms with Crippen molar-refractivity contribution in [2.75, 3.05) is 11.1 Å². The van der Waals surface area contributed by atoms with E-state index in [-0.39, 0.29) is 5.91 Å². The van der Waals surface area contributed by atoms with Crippen LogP contribution >= 0.6 is 8.25 Å². The summed E-state index contributed by atoms with van der Waals surface area (Å²) in [5.41, 5.74) is 9.39. The van der Waals surface area contributed by atoms with E-state index in [1.54, 1.807) is 30.3 Å². The predicted octanol–water partition coefficient (Wildman–Crippen LogP) is 5.87. The summed E-state index contributed by atoms with van der Waals surface area (Å²) in [6.07, 6.45) is 1.05. The highest BCUT2D eigenvalue weighted by atomic mass is 31.1. The van der Waals surface area contributed by atoms with Crippen LogP contribution in [0.25, 0.3) is 11.1 Å². The Morgan fingerprint density at radius 3 is 2.23 bits per heavy atom. The van der Waals surface area contributed by atoms with E-state index in [1.807, 2.05) is 56.3 Å². The van der Waals surface area contributed by atoms with Crippen LogP contribution in [0.1, 0.15) is 42.6 Å². The summed E-state index contributed by atoms with van der Waals surface area (Å²) in [5, 5.41) is 2.87. The molecule has 0 aliphatic carbocycles. The van der Waals surface area contributed by atoms with Crippen LogP contribution in [-0.4, -0.2) is 10.8 Å². The number of anilines is 2. The van der Waals surface area contributed by atoms with Crippen LogP contribution in [0.15, 0.2) is 72.8 Å². The van der Waals surface area contributed by atoms with Crippen LogP contribution < -0.4 is 11.1 Å². The lowest BCUT2D eigenvalue weighted by molar-refractivity contribution is 0.0535. The Kier molecular flexibility index (Phi) is 7.18. The highest BCUT2D eigenvalue weighted by Gasteiger charge is 2.39. The zero-order valence-corrected chi connectivity index (χ0v) is 18.4. The Bertz CT molecular complexity index is 1060. The molecule has 6 nitrogen and oxygen atoms in total. The van der Waals surface area contributed by atoms with Crippen molar-refractivity contribution in [2.24, 2.45) is 0 Å². The molecule has 3 aromatic rings. The third-order valence-electron chi connectivity index (χ3n) is 5.48. The first kappa shape index (κ1) is 22.6. The molecule has 0 saturated carbocycles. The Morgan fingerprint density at radius 1 is 1.00 bits per heavy atom. The molecule has 0 radical (unpaired) electrons. The fourth-order valence-corrected chi connectivity index (χ4v) is 4.25. The average molecular weight is 437 g/mol. The van der Waals surface area contributed by atoms with Gasteiger partial charge in [-0.25, -0.2) is 0 Å². The third-order valence-corrected chi connectivity index (χ3v) is 5.98. The van der Waals surface area contributed by atoms with Gasteiger partial charge in [0.25, 0.3) is 5.91 Å². The second-order valence-corrected chi connectivity index (χ2v) is 7.89. The fourth-order valence-electron chi connectivity index (χ4n) is 3.58. The van der Waals surface area contributed by atoms with Gasteiger partial charge in [0.1, 0.15) is 0 Å². The standard InChI is InChI=1S/C24H25N2O4P/c1-3-24(4-2,30-31(28)29)20-13-10-18(11-14-20)23(27)26-22-16-19(12-15-21(22)25)17-8-6-5-7-9-17/h5-16H,3-4,25H2,1-2H3,(H-,26,27,28,29)/p+1. The molecule has 0 aromatic heterocycles. The fraction of sp³-hybridized carbons (Fsp3) is 0.208. The van der Waals surface area contributed by atoms with Gasteiger partial charge >= 0.3 is 8.25 Å². The van der Waals surface area contributed by atoms with Crippen molar-refractivity contribution in [3.05, 3.63) is 83.9 Å². The summed E-state index contributed by atoms with van der Waals surface area (Å²) in [6, 6.07) is 22.2. The van der Waals surface area contributed by atoms with Gasteiger partial charge in [-0.3, -0.25) is 4.79 Å². The number of hydrogen-bond donors (Lipinski definition) is 3. The molecule has 0 aliphatic heterocycles. The lowest BCUT2D eigenvalue weighted by atomic mass is 9.88. The molecule has 7 heteroatoms. The van der Waals surface area contributed by atoms with Crippen LogP contribution in [0.5, 0.6) is 0 Å². The van der Waals surface area contributed by atoms with E-state index in [4.69, 9.17) is 10.3 Å². The number of nitrogens with one attached hydrogen (secondary N) is 1. The molecule has 3 aromatic carbocycles. The number of benzene rings is 3. The molecule has 31 heavy (non-hydrogen) atoms. The Hall–Kier alpha value is -3.05. The van der Waals surface area contributed by atoms with Gasteiger partial charge in [-0.2, -0.15) is 0 Å². The number of nitrogen functional groups attached to an aromatic ring is 1. The first-order chi connectivity index (χ1) is 14.9. The number of nitrogens with two attached hydrogens (primary N) is 1. The van der Waals surface area contributed by atoms with Gasteiger partial charge in [-0.05, 0) is 53.8 Å². The highest BCUT2D eigenvalue weighted by molar-refractivity contribution is 7.32. The first-order valence-electron chi connectivity index (χ1n) is 10.1. The van der Waals surface area contributed by atoms with Crippen LogP contribution in [-0.2, 0) is 14.7 Å². The molecule has 0 saturated heterocycles. The zero-order valence-electron chi connectivity index (χ0n) is 17.5. The molecule has 0 fully saturated rings.